The first-order valence-corrected chi connectivity index (χ1v) is 7.57. The number of primary amides is 1. The minimum Gasteiger partial charge on any atom is -0.369 e. The third-order valence-electron chi connectivity index (χ3n) is 3.78. The van der Waals surface area contributed by atoms with Crippen molar-refractivity contribution < 1.29 is 4.79 Å². The lowest BCUT2D eigenvalue weighted by Gasteiger charge is -2.15. The summed E-state index contributed by atoms with van der Waals surface area (Å²) in [7, 11) is 0. The van der Waals surface area contributed by atoms with Crippen molar-refractivity contribution in [3.63, 3.8) is 0 Å². The molecule has 23 heavy (non-hydrogen) atoms. The van der Waals surface area contributed by atoms with Crippen LogP contribution in [0.4, 0.5) is 0 Å². The maximum atomic E-state index is 11.4. The van der Waals surface area contributed by atoms with E-state index in [1.807, 2.05) is 42.6 Å². The molecule has 0 aliphatic carbocycles. The lowest BCUT2D eigenvalue weighted by Crippen LogP contribution is -2.14. The molecular formula is C20H18N2O. The van der Waals surface area contributed by atoms with Gasteiger partial charge in [-0.1, -0.05) is 54.6 Å². The smallest absolute Gasteiger partial charge is 0.221 e. The molecule has 0 bridgehead atoms. The summed E-state index contributed by atoms with van der Waals surface area (Å²) in [5.41, 5.74) is 10.9. The predicted octanol–water partition coefficient (Wildman–Crippen LogP) is 3.37. The number of rotatable bonds is 5. The van der Waals surface area contributed by atoms with Crippen LogP contribution in [0.5, 0.6) is 0 Å². The largest absolute Gasteiger partial charge is 0.369 e. The van der Waals surface area contributed by atoms with E-state index < -0.39 is 0 Å². The van der Waals surface area contributed by atoms with E-state index in [1.165, 1.54) is 5.56 Å². The van der Waals surface area contributed by atoms with Crippen LogP contribution in [0.1, 0.15) is 16.7 Å². The second-order valence-corrected chi connectivity index (χ2v) is 5.50. The minimum atomic E-state index is -0.319. The topological polar surface area (TPSA) is 56.0 Å². The Balaban J connectivity index is 2.09. The Morgan fingerprint density at radius 1 is 0.913 bits per heavy atom. The van der Waals surface area contributed by atoms with Gasteiger partial charge in [-0.15, -0.1) is 0 Å². The molecule has 0 aliphatic rings. The Hall–Kier alpha value is -2.94. The third kappa shape index (κ3) is 3.64. The van der Waals surface area contributed by atoms with Gasteiger partial charge >= 0.3 is 0 Å². The average molecular weight is 302 g/mol. The molecule has 3 nitrogen and oxygen atoms in total. The number of hydrogen-bond donors (Lipinski definition) is 1. The van der Waals surface area contributed by atoms with Gasteiger partial charge in [0.15, 0.2) is 0 Å². The molecule has 1 amide bonds. The summed E-state index contributed by atoms with van der Waals surface area (Å²) >= 11 is 0. The number of carbonyl (C=O) groups excluding carboxylic acids is 1. The van der Waals surface area contributed by atoms with Gasteiger partial charge in [-0.3, -0.25) is 9.78 Å². The highest BCUT2D eigenvalue weighted by Gasteiger charge is 2.12. The highest BCUT2D eigenvalue weighted by atomic mass is 16.1. The van der Waals surface area contributed by atoms with Crippen molar-refractivity contribution in [3.8, 4) is 11.1 Å². The molecule has 0 unspecified atom stereocenters. The maximum Gasteiger partial charge on any atom is 0.221 e. The van der Waals surface area contributed by atoms with Crippen molar-refractivity contribution in [2.45, 2.75) is 12.8 Å². The molecule has 1 heterocycles. The minimum absolute atomic E-state index is 0.241. The Kier molecular flexibility index (Phi) is 4.48. The van der Waals surface area contributed by atoms with Crippen LogP contribution in [0, 0.1) is 0 Å². The molecule has 2 N–H and O–H groups in total. The summed E-state index contributed by atoms with van der Waals surface area (Å²) in [6, 6.07) is 20.2. The van der Waals surface area contributed by atoms with E-state index in [-0.39, 0.29) is 12.3 Å². The first-order valence-electron chi connectivity index (χ1n) is 7.57. The van der Waals surface area contributed by atoms with E-state index in [1.54, 1.807) is 6.20 Å². The van der Waals surface area contributed by atoms with Gasteiger partial charge in [-0.2, -0.15) is 0 Å². The zero-order valence-electron chi connectivity index (χ0n) is 12.8. The molecule has 3 rings (SSSR count). The quantitative estimate of drug-likeness (QED) is 0.785. The van der Waals surface area contributed by atoms with E-state index in [2.05, 4.69) is 29.2 Å². The van der Waals surface area contributed by atoms with Crippen molar-refractivity contribution in [2.75, 3.05) is 0 Å². The van der Waals surface area contributed by atoms with Crippen LogP contribution in [0.25, 0.3) is 11.1 Å². The van der Waals surface area contributed by atoms with Gasteiger partial charge in [0, 0.05) is 12.4 Å². The Morgan fingerprint density at radius 3 is 2.39 bits per heavy atom. The zero-order valence-corrected chi connectivity index (χ0v) is 12.8. The molecule has 2 aromatic carbocycles. The number of amides is 1. The second-order valence-electron chi connectivity index (χ2n) is 5.50. The normalized spacial score (nSPS) is 10.4. The van der Waals surface area contributed by atoms with Crippen LogP contribution >= 0.6 is 0 Å². The average Bonchev–Trinajstić information content (AvgIpc) is 2.56. The number of nitrogens with two attached hydrogens (primary N) is 1. The SMILES string of the molecule is NC(=O)Cc1cccc(Cc2cccnc2)c1-c1ccccc1. The number of aromatic nitrogens is 1. The Labute approximate surface area is 135 Å². The molecule has 114 valence electrons. The predicted molar refractivity (Wildman–Crippen MR) is 91.8 cm³/mol. The van der Waals surface area contributed by atoms with Crippen molar-refractivity contribution in [1.82, 2.24) is 4.98 Å². The lowest BCUT2D eigenvalue weighted by molar-refractivity contribution is -0.117. The molecule has 0 saturated heterocycles. The van der Waals surface area contributed by atoms with Crippen molar-refractivity contribution >= 4 is 5.91 Å². The summed E-state index contributed by atoms with van der Waals surface area (Å²) in [6.45, 7) is 0. The number of pyridine rings is 1. The van der Waals surface area contributed by atoms with Crippen LogP contribution in [0.3, 0.4) is 0 Å². The summed E-state index contributed by atoms with van der Waals surface area (Å²) in [6.07, 6.45) is 4.65. The van der Waals surface area contributed by atoms with Crippen molar-refractivity contribution in [2.24, 2.45) is 5.73 Å². The van der Waals surface area contributed by atoms with Gasteiger partial charge in [-0.25, -0.2) is 0 Å². The number of carbonyl (C=O) groups is 1. The van der Waals surface area contributed by atoms with Gasteiger partial charge in [0.05, 0.1) is 6.42 Å². The van der Waals surface area contributed by atoms with Crippen LogP contribution in [0.15, 0.2) is 73.1 Å². The molecule has 0 fully saturated rings. The van der Waals surface area contributed by atoms with Crippen LogP contribution in [-0.2, 0) is 17.6 Å². The lowest BCUT2D eigenvalue weighted by atomic mass is 9.90. The first-order chi connectivity index (χ1) is 11.2. The fourth-order valence-electron chi connectivity index (χ4n) is 2.83. The summed E-state index contributed by atoms with van der Waals surface area (Å²) < 4.78 is 0. The van der Waals surface area contributed by atoms with E-state index in [4.69, 9.17) is 5.73 Å². The highest BCUT2D eigenvalue weighted by molar-refractivity contribution is 5.81. The number of benzene rings is 2. The Bertz CT molecular complexity index is 798. The molecule has 0 atom stereocenters. The first kappa shape index (κ1) is 15.0. The Morgan fingerprint density at radius 2 is 1.70 bits per heavy atom. The third-order valence-corrected chi connectivity index (χ3v) is 3.78. The van der Waals surface area contributed by atoms with Gasteiger partial charge in [0.25, 0.3) is 0 Å². The fraction of sp³-hybridized carbons (Fsp3) is 0.100. The van der Waals surface area contributed by atoms with Gasteiger partial charge in [0.2, 0.25) is 5.91 Å². The highest BCUT2D eigenvalue weighted by Crippen LogP contribution is 2.29. The van der Waals surface area contributed by atoms with Crippen LogP contribution < -0.4 is 5.73 Å². The summed E-state index contributed by atoms with van der Waals surface area (Å²) in [5, 5.41) is 0. The monoisotopic (exact) mass is 302 g/mol. The summed E-state index contributed by atoms with van der Waals surface area (Å²) in [4.78, 5) is 15.6. The van der Waals surface area contributed by atoms with E-state index in [9.17, 15) is 4.79 Å². The van der Waals surface area contributed by atoms with Crippen LogP contribution in [-0.4, -0.2) is 10.9 Å². The van der Waals surface area contributed by atoms with E-state index >= 15 is 0 Å². The maximum absolute atomic E-state index is 11.4. The van der Waals surface area contributed by atoms with Crippen molar-refractivity contribution in [3.05, 3.63) is 89.7 Å². The van der Waals surface area contributed by atoms with Gasteiger partial charge < -0.3 is 5.73 Å². The molecule has 0 saturated carbocycles. The van der Waals surface area contributed by atoms with E-state index in [0.29, 0.717) is 0 Å². The van der Waals surface area contributed by atoms with E-state index in [0.717, 1.165) is 28.7 Å². The summed E-state index contributed by atoms with van der Waals surface area (Å²) in [5.74, 6) is -0.319. The zero-order chi connectivity index (χ0) is 16.1. The molecule has 3 aromatic rings. The molecule has 0 spiro atoms. The fourth-order valence-corrected chi connectivity index (χ4v) is 2.83. The molecule has 3 heteroatoms. The standard InChI is InChI=1S/C20H18N2O/c21-19(23)13-18-10-4-9-17(12-15-6-5-11-22-14-15)20(18)16-7-2-1-3-8-16/h1-11,14H,12-13H2,(H2,21,23). The number of nitrogens with zero attached hydrogens (tertiary/aromatic N) is 1. The molecule has 1 aromatic heterocycles. The van der Waals surface area contributed by atoms with Crippen molar-refractivity contribution in [1.29, 1.82) is 0 Å². The second kappa shape index (κ2) is 6.88. The van der Waals surface area contributed by atoms with Gasteiger partial charge in [0.1, 0.15) is 0 Å². The molecular weight excluding hydrogens is 284 g/mol. The van der Waals surface area contributed by atoms with Crippen LogP contribution in [0.2, 0.25) is 0 Å². The molecule has 0 radical (unpaired) electrons. The molecule has 0 aliphatic heterocycles. The number of hydrogen-bond acceptors (Lipinski definition) is 2. The van der Waals surface area contributed by atoms with Gasteiger partial charge in [-0.05, 0) is 40.3 Å².